The molecule has 0 aromatic heterocycles. The second-order valence-electron chi connectivity index (χ2n) is 3.54. The summed E-state index contributed by atoms with van der Waals surface area (Å²) >= 11 is 0. The number of hydrogen-bond donors (Lipinski definition) is 0. The minimum absolute atomic E-state index is 2.07. The Morgan fingerprint density at radius 2 is 0.520 bits per heavy atom. The van der Waals surface area contributed by atoms with Crippen molar-refractivity contribution in [3.63, 3.8) is 0 Å². The molecular weight excluding hydrogens is 436 g/mol. The van der Waals surface area contributed by atoms with Gasteiger partial charge < -0.3 is 0 Å². The first-order valence-electron chi connectivity index (χ1n) is 4.74. The predicted octanol–water partition coefficient (Wildman–Crippen LogP) is 5.73. The van der Waals surface area contributed by atoms with Gasteiger partial charge >= 0.3 is 45.5 Å². The Kier molecular flexibility index (Phi) is 6.57. The molecule has 0 fully saturated rings. The highest BCUT2D eigenvalue weighted by molar-refractivity contribution is 7.41. The largest absolute Gasteiger partial charge is 0.483 e. The van der Waals surface area contributed by atoms with Gasteiger partial charge in [0.2, 0.25) is 0 Å². The normalized spacial score (nSPS) is 15.8. The van der Waals surface area contributed by atoms with Gasteiger partial charge in [-0.1, -0.05) is 0 Å². The van der Waals surface area contributed by atoms with Gasteiger partial charge in [-0.15, -0.1) is 0 Å². The number of hydrogen-bond acceptors (Lipinski definition) is 3. The zero-order chi connectivity index (χ0) is 20.7. The molecule has 0 unspecified atom stereocenters. The lowest BCUT2D eigenvalue weighted by atomic mass is 10.6. The first-order valence-corrected chi connectivity index (χ1v) is 5.84. The van der Waals surface area contributed by atoms with E-state index < -0.39 is 45.5 Å². The van der Waals surface area contributed by atoms with Crippen LogP contribution in [0.5, 0.6) is 0 Å². The lowest BCUT2D eigenvalue weighted by Gasteiger charge is -2.29. The van der Waals surface area contributed by atoms with Crippen LogP contribution in [0.2, 0.25) is 0 Å². The highest BCUT2D eigenvalue weighted by Crippen LogP contribution is 2.59. The second kappa shape index (κ2) is 6.77. The van der Waals surface area contributed by atoms with Gasteiger partial charge in [-0.3, -0.25) is 0 Å². The summed E-state index contributed by atoms with van der Waals surface area (Å²) in [5, 5.41) is 0. The molecule has 0 aromatic carbocycles. The second-order valence-corrected chi connectivity index (χ2v) is 4.54. The van der Waals surface area contributed by atoms with Gasteiger partial charge in [0.05, 0.1) is 0 Å². The molecule has 0 heterocycles. The van der Waals surface area contributed by atoms with E-state index in [0.29, 0.717) is 0 Å². The summed E-state index contributed by atoms with van der Waals surface area (Å²) in [7, 11) is -5.93. The first kappa shape index (κ1) is 24.3. The van der Waals surface area contributed by atoms with E-state index in [2.05, 4.69) is 13.6 Å². The van der Waals surface area contributed by atoms with Crippen molar-refractivity contribution in [3.8, 4) is 0 Å². The zero-order valence-corrected chi connectivity index (χ0v) is 11.2. The maximum atomic E-state index is 12.4. The van der Waals surface area contributed by atoms with Crippen molar-refractivity contribution in [2.24, 2.45) is 0 Å². The van der Waals surface area contributed by atoms with E-state index in [9.17, 15) is 65.9 Å². The maximum absolute atomic E-state index is 12.4. The van der Waals surface area contributed by atoms with Gasteiger partial charge in [-0.25, -0.2) is 13.6 Å². The van der Waals surface area contributed by atoms with Crippen LogP contribution < -0.4 is 0 Å². The van der Waals surface area contributed by atoms with Crippen molar-refractivity contribution in [1.82, 2.24) is 0 Å². The Balaban J connectivity index is 5.70. The Bertz CT molecular complexity index is 383. The van der Waals surface area contributed by atoms with Crippen LogP contribution in [0.25, 0.3) is 0 Å². The van der Waals surface area contributed by atoms with E-state index >= 15 is 0 Å². The summed E-state index contributed by atoms with van der Waals surface area (Å²) in [5.41, 5.74) is 0. The van der Waals surface area contributed by atoms with Crippen LogP contribution in [0, 0.1) is 0 Å². The first-order chi connectivity index (χ1) is 10.5. The Hall–Kier alpha value is -0.740. The lowest BCUT2D eigenvalue weighted by molar-refractivity contribution is -0.399. The molecule has 0 spiro atoms. The molecule has 152 valence electrons. The third-order valence-corrected chi connectivity index (χ3v) is 2.69. The summed E-state index contributed by atoms with van der Waals surface area (Å²) in [6.45, 7) is 0. The molecule has 0 radical (unpaired) electrons. The van der Waals surface area contributed by atoms with Crippen molar-refractivity contribution in [1.29, 1.82) is 0 Å². The van der Waals surface area contributed by atoms with Crippen LogP contribution in [0.1, 0.15) is 0 Å². The van der Waals surface area contributed by atoms with Crippen LogP contribution in [0.15, 0.2) is 0 Å². The quantitative estimate of drug-likeness (QED) is 0.394. The van der Waals surface area contributed by atoms with Crippen molar-refractivity contribution >= 4 is 8.60 Å². The number of alkyl halides is 15. The number of rotatable bonds is 6. The summed E-state index contributed by atoms with van der Waals surface area (Å²) < 4.78 is 186. The Labute approximate surface area is 126 Å². The topological polar surface area (TPSA) is 27.7 Å². The van der Waals surface area contributed by atoms with Crippen molar-refractivity contribution < 1.29 is 79.4 Å². The Morgan fingerprint density at radius 1 is 0.360 bits per heavy atom. The summed E-state index contributed by atoms with van der Waals surface area (Å²) in [6.07, 6.45) is -41.1. The van der Waals surface area contributed by atoms with E-state index in [1.165, 1.54) is 0 Å². The molecule has 19 heteroatoms. The van der Waals surface area contributed by atoms with Gasteiger partial charge in [0.15, 0.2) is 0 Å². The van der Waals surface area contributed by atoms with Gasteiger partial charge in [0.25, 0.3) is 0 Å². The predicted molar refractivity (Wildman–Crippen MR) is 43.2 cm³/mol. The molecule has 0 rings (SSSR count). The molecule has 0 aliphatic carbocycles. The molecule has 0 saturated carbocycles. The fraction of sp³-hybridized carbons (Fsp3) is 1.00. The average molecular weight is 436 g/mol. The standard InChI is InChI=1S/C6F15O3P/c7-1(8,9)4(16,17)22-25(23-5(18,19)2(10,11)12)24-6(20,21)3(13,14)15. The highest BCUT2D eigenvalue weighted by Gasteiger charge is 2.69. The fourth-order valence-electron chi connectivity index (χ4n) is 0.492. The highest BCUT2D eigenvalue weighted by atomic mass is 31.2. The molecule has 0 N–H and O–H groups in total. The average Bonchev–Trinajstić information content (AvgIpc) is 2.21. The molecule has 3 nitrogen and oxygen atoms in total. The molecule has 0 bridgehead atoms. The fourth-order valence-corrected chi connectivity index (χ4v) is 1.48. The minimum Gasteiger partial charge on any atom is -0.238 e. The van der Waals surface area contributed by atoms with Crippen molar-refractivity contribution in [2.45, 2.75) is 36.9 Å². The van der Waals surface area contributed by atoms with Gasteiger partial charge in [0, 0.05) is 0 Å². The van der Waals surface area contributed by atoms with Crippen LogP contribution in [-0.4, -0.2) is 36.9 Å². The van der Waals surface area contributed by atoms with Gasteiger partial charge in [0.1, 0.15) is 0 Å². The van der Waals surface area contributed by atoms with E-state index in [1.54, 1.807) is 0 Å². The van der Waals surface area contributed by atoms with Gasteiger partial charge in [-0.05, 0) is 0 Å². The van der Waals surface area contributed by atoms with E-state index in [1.807, 2.05) is 0 Å². The van der Waals surface area contributed by atoms with E-state index in [0.717, 1.165) is 0 Å². The smallest absolute Gasteiger partial charge is 0.238 e. The number of halogens is 15. The third-order valence-electron chi connectivity index (χ3n) is 1.56. The summed E-state index contributed by atoms with van der Waals surface area (Å²) in [5.74, 6) is 0. The minimum atomic E-state index is -6.92. The third kappa shape index (κ3) is 6.18. The molecule has 25 heavy (non-hydrogen) atoms. The van der Waals surface area contributed by atoms with Crippen molar-refractivity contribution in [3.05, 3.63) is 0 Å². The van der Waals surface area contributed by atoms with Crippen LogP contribution in [0.4, 0.5) is 65.9 Å². The monoisotopic (exact) mass is 436 g/mol. The summed E-state index contributed by atoms with van der Waals surface area (Å²) in [4.78, 5) is 0. The van der Waals surface area contributed by atoms with Crippen LogP contribution in [-0.2, 0) is 13.6 Å². The van der Waals surface area contributed by atoms with E-state index in [-0.39, 0.29) is 0 Å². The molecule has 0 amide bonds. The lowest BCUT2D eigenvalue weighted by Crippen LogP contribution is -2.44. The Morgan fingerprint density at radius 3 is 0.640 bits per heavy atom. The maximum Gasteiger partial charge on any atom is 0.483 e. The SMILES string of the molecule is FC(F)(F)C(F)(F)OP(OC(F)(F)C(F)(F)F)OC(F)(F)C(F)(F)F. The molecule has 0 aromatic rings. The summed E-state index contributed by atoms with van der Waals surface area (Å²) in [6, 6.07) is 0. The molecular formula is C6F15O3P. The molecule has 0 aliphatic rings. The zero-order valence-electron chi connectivity index (χ0n) is 10.3. The molecule has 0 atom stereocenters. The van der Waals surface area contributed by atoms with Crippen LogP contribution in [0.3, 0.4) is 0 Å². The van der Waals surface area contributed by atoms with Gasteiger partial charge in [-0.2, -0.15) is 65.9 Å². The van der Waals surface area contributed by atoms with Crippen molar-refractivity contribution in [2.75, 3.05) is 0 Å². The van der Waals surface area contributed by atoms with E-state index in [4.69, 9.17) is 0 Å². The van der Waals surface area contributed by atoms with Crippen LogP contribution >= 0.6 is 8.60 Å². The molecule has 0 aliphatic heterocycles. The molecule has 0 saturated heterocycles.